The number of halogens is 4. The van der Waals surface area contributed by atoms with Crippen molar-refractivity contribution < 1.29 is 27.1 Å². The minimum absolute atomic E-state index is 0.0744. The Bertz CT molecular complexity index is 477. The number of nitrogens with one attached hydrogen (secondary N) is 1. The summed E-state index contributed by atoms with van der Waals surface area (Å²) in [6, 6.07) is 2.39. The molecular formula is C12H14F4N2O2. The Morgan fingerprint density at radius 2 is 2.10 bits per heavy atom. The number of benzene rings is 1. The number of hydrogen-bond donors (Lipinski definition) is 2. The van der Waals surface area contributed by atoms with E-state index in [-0.39, 0.29) is 18.6 Å². The summed E-state index contributed by atoms with van der Waals surface area (Å²) in [6.45, 7) is 1.58. The third-order valence-electron chi connectivity index (χ3n) is 2.52. The Hall–Kier alpha value is -1.83. The van der Waals surface area contributed by atoms with Crippen LogP contribution in [-0.2, 0) is 11.0 Å². The van der Waals surface area contributed by atoms with Gasteiger partial charge in [-0.25, -0.2) is 10.2 Å². The first-order valence-corrected chi connectivity index (χ1v) is 5.77. The molecule has 0 spiro atoms. The van der Waals surface area contributed by atoms with Gasteiger partial charge in [-0.2, -0.15) is 13.2 Å². The van der Waals surface area contributed by atoms with Crippen molar-refractivity contribution in [3.8, 4) is 5.75 Å². The molecule has 0 aliphatic carbocycles. The molecule has 3 N–H and O–H groups in total. The van der Waals surface area contributed by atoms with Crippen LogP contribution in [-0.4, -0.2) is 12.0 Å². The van der Waals surface area contributed by atoms with Crippen molar-refractivity contribution in [2.24, 2.45) is 5.84 Å². The summed E-state index contributed by atoms with van der Waals surface area (Å²) in [7, 11) is 0. The molecule has 0 aliphatic rings. The molecule has 1 amide bonds. The van der Waals surface area contributed by atoms with E-state index in [9.17, 15) is 22.4 Å². The Balaban J connectivity index is 2.71. The number of amides is 1. The molecule has 112 valence electrons. The third-order valence-corrected chi connectivity index (χ3v) is 2.52. The number of hydrogen-bond acceptors (Lipinski definition) is 3. The van der Waals surface area contributed by atoms with E-state index in [1.54, 1.807) is 6.92 Å². The zero-order valence-electron chi connectivity index (χ0n) is 10.6. The fraction of sp³-hybridized carbons (Fsp3) is 0.417. The summed E-state index contributed by atoms with van der Waals surface area (Å²) >= 11 is 0. The van der Waals surface area contributed by atoms with Gasteiger partial charge in [0.25, 0.3) is 0 Å². The quantitative estimate of drug-likeness (QED) is 0.379. The van der Waals surface area contributed by atoms with Crippen molar-refractivity contribution in [1.29, 1.82) is 0 Å². The fourth-order valence-corrected chi connectivity index (χ4v) is 1.49. The first kappa shape index (κ1) is 16.2. The van der Waals surface area contributed by atoms with Gasteiger partial charge >= 0.3 is 6.18 Å². The summed E-state index contributed by atoms with van der Waals surface area (Å²) < 4.78 is 55.8. The van der Waals surface area contributed by atoms with E-state index < -0.39 is 29.6 Å². The number of ether oxygens (including phenoxy) is 1. The van der Waals surface area contributed by atoms with Crippen LogP contribution < -0.4 is 16.0 Å². The molecule has 0 radical (unpaired) electrons. The minimum atomic E-state index is -4.79. The average Bonchev–Trinajstić information content (AvgIpc) is 2.37. The highest BCUT2D eigenvalue weighted by molar-refractivity contribution is 5.75. The predicted molar refractivity (Wildman–Crippen MR) is 63.1 cm³/mol. The first-order valence-electron chi connectivity index (χ1n) is 5.77. The molecule has 1 aromatic rings. The molecule has 1 rings (SSSR count). The minimum Gasteiger partial charge on any atom is -0.491 e. The van der Waals surface area contributed by atoms with Gasteiger partial charge in [0.2, 0.25) is 5.91 Å². The van der Waals surface area contributed by atoms with E-state index in [1.807, 2.05) is 5.43 Å². The van der Waals surface area contributed by atoms with E-state index in [4.69, 9.17) is 10.6 Å². The van der Waals surface area contributed by atoms with E-state index >= 15 is 0 Å². The Morgan fingerprint density at radius 1 is 1.45 bits per heavy atom. The lowest BCUT2D eigenvalue weighted by Crippen LogP contribution is -2.30. The molecular weight excluding hydrogens is 280 g/mol. The standard InChI is InChI=1S/C12H14F4N2O2/c1-7(2-5-11(19)18-17)20-8-3-4-10(13)9(6-8)12(14,15)16/h3-4,6-7H,2,5,17H2,1H3,(H,18,19). The van der Waals surface area contributed by atoms with E-state index in [1.165, 1.54) is 0 Å². The molecule has 0 aliphatic heterocycles. The maximum atomic E-state index is 13.1. The number of alkyl halides is 3. The molecule has 0 aromatic heterocycles. The van der Waals surface area contributed by atoms with Gasteiger partial charge in [0.15, 0.2) is 0 Å². The molecule has 0 saturated heterocycles. The molecule has 0 bridgehead atoms. The van der Waals surface area contributed by atoms with Gasteiger partial charge in [-0.05, 0) is 31.5 Å². The molecule has 1 unspecified atom stereocenters. The molecule has 0 fully saturated rings. The van der Waals surface area contributed by atoms with Crippen LogP contribution >= 0.6 is 0 Å². The molecule has 1 aromatic carbocycles. The van der Waals surface area contributed by atoms with Gasteiger partial charge in [-0.3, -0.25) is 10.2 Å². The Labute approximate surface area is 112 Å². The van der Waals surface area contributed by atoms with E-state index in [0.717, 1.165) is 6.07 Å². The van der Waals surface area contributed by atoms with Crippen LogP contribution in [0.3, 0.4) is 0 Å². The van der Waals surface area contributed by atoms with Crippen LogP contribution in [0.15, 0.2) is 18.2 Å². The van der Waals surface area contributed by atoms with Gasteiger partial charge in [0, 0.05) is 6.42 Å². The van der Waals surface area contributed by atoms with Crippen molar-refractivity contribution in [2.75, 3.05) is 0 Å². The maximum absolute atomic E-state index is 13.1. The molecule has 0 saturated carbocycles. The summed E-state index contributed by atoms with van der Waals surface area (Å²) in [6.07, 6.45) is -4.96. The molecule has 4 nitrogen and oxygen atoms in total. The molecule has 1 atom stereocenters. The third kappa shape index (κ3) is 4.69. The lowest BCUT2D eigenvalue weighted by Gasteiger charge is -2.16. The topological polar surface area (TPSA) is 64.4 Å². The number of nitrogens with two attached hydrogens (primary N) is 1. The van der Waals surface area contributed by atoms with Crippen LogP contribution in [0, 0.1) is 5.82 Å². The fourth-order valence-electron chi connectivity index (χ4n) is 1.49. The highest BCUT2D eigenvalue weighted by Gasteiger charge is 2.34. The van der Waals surface area contributed by atoms with Gasteiger partial charge in [0.05, 0.1) is 11.7 Å². The summed E-state index contributed by atoms with van der Waals surface area (Å²) in [5.41, 5.74) is 0.541. The van der Waals surface area contributed by atoms with Crippen LogP contribution in [0.1, 0.15) is 25.3 Å². The highest BCUT2D eigenvalue weighted by atomic mass is 19.4. The molecule has 8 heteroatoms. The first-order chi connectivity index (χ1) is 9.24. The summed E-state index contributed by atoms with van der Waals surface area (Å²) in [5, 5.41) is 0. The smallest absolute Gasteiger partial charge is 0.419 e. The van der Waals surface area contributed by atoms with Gasteiger partial charge in [0.1, 0.15) is 11.6 Å². The Morgan fingerprint density at radius 3 is 2.65 bits per heavy atom. The van der Waals surface area contributed by atoms with Crippen LogP contribution in [0.25, 0.3) is 0 Å². The predicted octanol–water partition coefficient (Wildman–Crippen LogP) is 2.38. The highest BCUT2D eigenvalue weighted by Crippen LogP contribution is 2.33. The van der Waals surface area contributed by atoms with E-state index in [2.05, 4.69) is 0 Å². The van der Waals surface area contributed by atoms with Gasteiger partial charge in [-0.15, -0.1) is 0 Å². The molecule has 20 heavy (non-hydrogen) atoms. The largest absolute Gasteiger partial charge is 0.491 e. The summed E-state index contributed by atoms with van der Waals surface area (Å²) in [4.78, 5) is 10.9. The second-order valence-electron chi connectivity index (χ2n) is 4.17. The van der Waals surface area contributed by atoms with Crippen molar-refractivity contribution in [3.05, 3.63) is 29.6 Å². The van der Waals surface area contributed by atoms with Crippen molar-refractivity contribution in [2.45, 2.75) is 32.0 Å². The van der Waals surface area contributed by atoms with E-state index in [0.29, 0.717) is 12.1 Å². The number of carbonyl (C=O) groups excluding carboxylic acids is 1. The maximum Gasteiger partial charge on any atom is 0.419 e. The van der Waals surface area contributed by atoms with Gasteiger partial charge in [-0.1, -0.05) is 0 Å². The lowest BCUT2D eigenvalue weighted by molar-refractivity contribution is -0.140. The van der Waals surface area contributed by atoms with Crippen molar-refractivity contribution in [3.63, 3.8) is 0 Å². The second-order valence-corrected chi connectivity index (χ2v) is 4.17. The van der Waals surface area contributed by atoms with Crippen molar-refractivity contribution >= 4 is 5.91 Å². The van der Waals surface area contributed by atoms with Crippen LogP contribution in [0.2, 0.25) is 0 Å². The number of rotatable bonds is 5. The number of hydrazine groups is 1. The monoisotopic (exact) mass is 294 g/mol. The Kier molecular flexibility index (Phi) is 5.32. The zero-order valence-corrected chi connectivity index (χ0v) is 10.6. The second kappa shape index (κ2) is 6.56. The molecule has 0 heterocycles. The van der Waals surface area contributed by atoms with Gasteiger partial charge < -0.3 is 4.74 Å². The SMILES string of the molecule is CC(CCC(=O)NN)Oc1ccc(F)c(C(F)(F)F)c1. The van der Waals surface area contributed by atoms with Crippen molar-refractivity contribution in [1.82, 2.24) is 5.43 Å². The number of carbonyl (C=O) groups is 1. The average molecular weight is 294 g/mol. The zero-order chi connectivity index (χ0) is 15.3. The van der Waals surface area contributed by atoms with Crippen LogP contribution in [0.5, 0.6) is 5.75 Å². The summed E-state index contributed by atoms with van der Waals surface area (Å²) in [5.74, 6) is 3.01. The lowest BCUT2D eigenvalue weighted by atomic mass is 10.2. The van der Waals surface area contributed by atoms with Crippen LogP contribution in [0.4, 0.5) is 17.6 Å². The normalized spacial score (nSPS) is 12.9.